The van der Waals surface area contributed by atoms with E-state index in [2.05, 4.69) is 0 Å². The number of alkyl halides is 4. The molecule has 0 atom stereocenters. The number of ether oxygens (including phenoxy) is 2. The average molecular weight is 482 g/mol. The van der Waals surface area contributed by atoms with Gasteiger partial charge >= 0.3 is 5.97 Å². The Balaban J connectivity index is 1.39. The van der Waals surface area contributed by atoms with Crippen LogP contribution in [-0.2, 0) is 10.3 Å². The van der Waals surface area contributed by atoms with Gasteiger partial charge in [0.1, 0.15) is 11.5 Å². The number of fused-ring (bicyclic) bond motifs is 6. The third kappa shape index (κ3) is 2.84. The van der Waals surface area contributed by atoms with Crippen LogP contribution in [-0.4, -0.2) is 44.0 Å². The molecule has 3 aromatic rings. The quantitative estimate of drug-likeness (QED) is 0.373. The first-order chi connectivity index (χ1) is 16.7. The summed E-state index contributed by atoms with van der Waals surface area (Å²) >= 11 is 0. The van der Waals surface area contributed by atoms with E-state index in [9.17, 15) is 22.4 Å². The van der Waals surface area contributed by atoms with Crippen LogP contribution >= 0.6 is 0 Å². The molecule has 7 rings (SSSR count). The summed E-state index contributed by atoms with van der Waals surface area (Å²) < 4.78 is 66.2. The minimum atomic E-state index is -2.74. The molecule has 4 aliphatic rings. The molecule has 0 N–H and O–H groups in total. The molecule has 0 bridgehead atoms. The first-order valence-corrected chi connectivity index (χ1v) is 11.2. The fourth-order valence-corrected chi connectivity index (χ4v) is 5.44. The highest BCUT2D eigenvalue weighted by atomic mass is 19.3. The van der Waals surface area contributed by atoms with E-state index in [1.54, 1.807) is 58.3 Å². The van der Waals surface area contributed by atoms with Crippen molar-refractivity contribution in [3.05, 3.63) is 82.9 Å². The van der Waals surface area contributed by atoms with Gasteiger partial charge in [-0.1, -0.05) is 18.2 Å². The molecule has 35 heavy (non-hydrogen) atoms. The number of carbonyl (C=O) groups excluding carboxylic acids is 1. The first-order valence-electron chi connectivity index (χ1n) is 11.2. The van der Waals surface area contributed by atoms with Crippen molar-refractivity contribution in [2.75, 3.05) is 36.0 Å². The lowest BCUT2D eigenvalue weighted by atomic mass is 9.77. The van der Waals surface area contributed by atoms with Crippen LogP contribution in [0.5, 0.6) is 11.5 Å². The number of rotatable bonds is 2. The molecule has 2 saturated heterocycles. The van der Waals surface area contributed by atoms with Gasteiger partial charge in [-0.25, -0.2) is 22.4 Å². The molecule has 178 valence electrons. The van der Waals surface area contributed by atoms with Crippen LogP contribution in [0.4, 0.5) is 28.9 Å². The van der Waals surface area contributed by atoms with Crippen molar-refractivity contribution in [3.63, 3.8) is 0 Å². The summed E-state index contributed by atoms with van der Waals surface area (Å²) in [5, 5.41) is 0. The monoisotopic (exact) mass is 482 g/mol. The van der Waals surface area contributed by atoms with E-state index in [4.69, 9.17) is 9.47 Å². The molecular formula is C26H18F4N2O3. The number of halogens is 4. The summed E-state index contributed by atoms with van der Waals surface area (Å²) in [5.74, 6) is -5.24. The molecule has 0 amide bonds. The van der Waals surface area contributed by atoms with E-state index in [-0.39, 0.29) is 0 Å². The number of anilines is 2. The molecule has 9 heteroatoms. The highest BCUT2D eigenvalue weighted by Crippen LogP contribution is 2.57. The number of hydrogen-bond acceptors (Lipinski definition) is 5. The van der Waals surface area contributed by atoms with Crippen molar-refractivity contribution in [1.29, 1.82) is 0 Å². The third-order valence-electron chi connectivity index (χ3n) is 7.10. The van der Waals surface area contributed by atoms with E-state index in [1.165, 1.54) is 0 Å². The van der Waals surface area contributed by atoms with Gasteiger partial charge in [0.25, 0.3) is 11.8 Å². The molecule has 5 nitrogen and oxygen atoms in total. The van der Waals surface area contributed by atoms with Gasteiger partial charge in [-0.05, 0) is 30.3 Å². The number of benzene rings is 3. The maximum Gasteiger partial charge on any atom is 0.340 e. The Hall–Kier alpha value is -3.75. The van der Waals surface area contributed by atoms with Crippen LogP contribution < -0.4 is 14.5 Å². The van der Waals surface area contributed by atoms with Crippen molar-refractivity contribution in [1.82, 2.24) is 0 Å². The summed E-state index contributed by atoms with van der Waals surface area (Å²) in [6.45, 7) is -1.56. The van der Waals surface area contributed by atoms with Crippen LogP contribution in [0.1, 0.15) is 27.0 Å². The van der Waals surface area contributed by atoms with Gasteiger partial charge < -0.3 is 19.3 Å². The number of carbonyl (C=O) groups is 1. The molecule has 0 saturated carbocycles. The predicted molar refractivity (Wildman–Crippen MR) is 119 cm³/mol. The van der Waals surface area contributed by atoms with Crippen LogP contribution in [0, 0.1) is 0 Å². The smallest absolute Gasteiger partial charge is 0.340 e. The van der Waals surface area contributed by atoms with Gasteiger partial charge in [0.2, 0.25) is 0 Å². The summed E-state index contributed by atoms with van der Waals surface area (Å²) in [6, 6.07) is 17.3. The van der Waals surface area contributed by atoms with Crippen molar-refractivity contribution < 1.29 is 31.8 Å². The zero-order valence-corrected chi connectivity index (χ0v) is 18.2. The van der Waals surface area contributed by atoms with Gasteiger partial charge in [-0.2, -0.15) is 0 Å². The van der Waals surface area contributed by atoms with Gasteiger partial charge in [0.15, 0.2) is 5.60 Å². The Labute approximate surface area is 197 Å². The molecule has 0 aliphatic carbocycles. The van der Waals surface area contributed by atoms with Crippen LogP contribution in [0.25, 0.3) is 0 Å². The standard InChI is InChI=1S/C26H18F4N2O3/c27-24(28)11-31(12-24)15-5-7-19-21(9-15)34-22-10-16(32-13-25(29,30)14-32)6-8-20(22)26(19)18-4-2-1-3-17(18)23(33)35-26/h1-10H,11-14H2. The summed E-state index contributed by atoms with van der Waals surface area (Å²) in [6.07, 6.45) is 0. The normalized spacial score (nSPS) is 21.8. The van der Waals surface area contributed by atoms with E-state index < -0.39 is 49.6 Å². The number of hydrogen-bond donors (Lipinski definition) is 0. The van der Waals surface area contributed by atoms with Crippen molar-refractivity contribution in [2.24, 2.45) is 0 Å². The summed E-state index contributed by atoms with van der Waals surface area (Å²) in [5.41, 5.74) is 2.02. The Morgan fingerprint density at radius 1 is 0.686 bits per heavy atom. The predicted octanol–water partition coefficient (Wildman–Crippen LogP) is 5.17. The summed E-state index contributed by atoms with van der Waals surface area (Å²) in [4.78, 5) is 16.0. The second-order valence-electron chi connectivity index (χ2n) is 9.50. The van der Waals surface area contributed by atoms with Gasteiger partial charge in [-0.3, -0.25) is 0 Å². The molecular weight excluding hydrogens is 464 g/mol. The highest BCUT2D eigenvalue weighted by molar-refractivity contribution is 5.97. The average Bonchev–Trinajstić information content (AvgIpc) is 3.08. The lowest BCUT2D eigenvalue weighted by molar-refractivity contribution is -0.0268. The Bertz CT molecular complexity index is 1330. The van der Waals surface area contributed by atoms with E-state index in [0.717, 1.165) is 0 Å². The number of nitrogens with zero attached hydrogens (tertiary/aromatic N) is 2. The molecule has 3 aromatic carbocycles. The van der Waals surface area contributed by atoms with Crippen molar-refractivity contribution in [3.8, 4) is 11.5 Å². The second kappa shape index (κ2) is 6.47. The SMILES string of the molecule is O=C1OC2(c3ccc(N4CC(F)(F)C4)cc3Oc3cc(N4CC(F)(F)C4)ccc32)c2ccccc21. The maximum atomic E-state index is 13.5. The Kier molecular flexibility index (Phi) is 3.81. The lowest BCUT2D eigenvalue weighted by Crippen LogP contribution is -2.56. The summed E-state index contributed by atoms with van der Waals surface area (Å²) in [7, 11) is 0. The van der Waals surface area contributed by atoms with Gasteiger partial charge in [0.05, 0.1) is 31.7 Å². The molecule has 0 unspecified atom stereocenters. The lowest BCUT2D eigenvalue weighted by Gasteiger charge is -2.43. The second-order valence-corrected chi connectivity index (χ2v) is 9.50. The van der Waals surface area contributed by atoms with Crippen molar-refractivity contribution >= 4 is 17.3 Å². The molecule has 4 heterocycles. The van der Waals surface area contributed by atoms with Gasteiger partial charge in [-0.15, -0.1) is 0 Å². The van der Waals surface area contributed by atoms with E-state index in [1.807, 2.05) is 12.1 Å². The zero-order valence-electron chi connectivity index (χ0n) is 18.2. The van der Waals surface area contributed by atoms with Gasteiger partial charge in [0, 0.05) is 40.2 Å². The first kappa shape index (κ1) is 20.6. The topological polar surface area (TPSA) is 42.0 Å². The van der Waals surface area contributed by atoms with E-state index >= 15 is 0 Å². The highest BCUT2D eigenvalue weighted by Gasteiger charge is 2.54. The van der Waals surface area contributed by atoms with Crippen LogP contribution in [0.2, 0.25) is 0 Å². The Morgan fingerprint density at radius 2 is 1.20 bits per heavy atom. The third-order valence-corrected chi connectivity index (χ3v) is 7.10. The van der Waals surface area contributed by atoms with E-state index in [0.29, 0.717) is 45.1 Å². The molecule has 0 aromatic heterocycles. The largest absolute Gasteiger partial charge is 0.456 e. The van der Waals surface area contributed by atoms with Crippen LogP contribution in [0.3, 0.4) is 0 Å². The molecule has 2 fully saturated rings. The maximum absolute atomic E-state index is 13.5. The fourth-order valence-electron chi connectivity index (χ4n) is 5.44. The minimum absolute atomic E-state index is 0.362. The molecule has 0 radical (unpaired) electrons. The number of esters is 1. The fraction of sp³-hybridized carbons (Fsp3) is 0.269. The van der Waals surface area contributed by atoms with Crippen molar-refractivity contribution in [2.45, 2.75) is 17.4 Å². The van der Waals surface area contributed by atoms with Crippen LogP contribution in [0.15, 0.2) is 60.7 Å². The zero-order chi connectivity index (χ0) is 24.2. The Morgan fingerprint density at radius 3 is 1.71 bits per heavy atom. The molecule has 1 spiro atoms. The molecule has 4 aliphatic heterocycles. The minimum Gasteiger partial charge on any atom is -0.456 e.